The highest BCUT2D eigenvalue weighted by molar-refractivity contribution is 5.73. The lowest BCUT2D eigenvalue weighted by Gasteiger charge is -2.47. The molecule has 1 fully saturated rings. The second-order valence-corrected chi connectivity index (χ2v) is 6.56. The summed E-state index contributed by atoms with van der Waals surface area (Å²) in [6.07, 6.45) is 9.19. The average Bonchev–Trinajstić information content (AvgIpc) is 2.83. The Kier molecular flexibility index (Phi) is 2.97. The molecule has 0 saturated carbocycles. The van der Waals surface area contributed by atoms with Gasteiger partial charge in [-0.05, 0) is 37.4 Å². The van der Waals surface area contributed by atoms with Crippen molar-refractivity contribution >= 4 is 5.69 Å². The standard InChI is InChI=1S/C19H24N2/c1-3-6-14-9-12-21-18-15(14)7-5-8-16(18)17-13-20-11-10-19(17,21)4-2/h3-8,14,17,20H,2,9-13H2,1H3/b6-3+/t14?,17-,19-/m0/s1. The van der Waals surface area contributed by atoms with E-state index in [1.54, 1.807) is 0 Å². The molecule has 0 aliphatic carbocycles. The normalized spacial score (nSPS) is 33.9. The topological polar surface area (TPSA) is 15.3 Å². The minimum absolute atomic E-state index is 0.143. The van der Waals surface area contributed by atoms with Crippen molar-refractivity contribution in [2.75, 3.05) is 24.5 Å². The third-order valence-corrected chi connectivity index (χ3v) is 5.74. The fourth-order valence-electron chi connectivity index (χ4n) is 4.80. The van der Waals surface area contributed by atoms with Crippen LogP contribution in [0.4, 0.5) is 5.69 Å². The van der Waals surface area contributed by atoms with Gasteiger partial charge in [-0.1, -0.05) is 36.4 Å². The van der Waals surface area contributed by atoms with E-state index in [2.05, 4.69) is 60.1 Å². The molecule has 3 atom stereocenters. The molecule has 3 heterocycles. The van der Waals surface area contributed by atoms with Gasteiger partial charge in [-0.2, -0.15) is 0 Å². The summed E-state index contributed by atoms with van der Waals surface area (Å²) in [7, 11) is 0. The smallest absolute Gasteiger partial charge is 0.0675 e. The van der Waals surface area contributed by atoms with E-state index in [9.17, 15) is 0 Å². The maximum absolute atomic E-state index is 4.22. The van der Waals surface area contributed by atoms with E-state index in [4.69, 9.17) is 0 Å². The first-order chi connectivity index (χ1) is 10.3. The molecule has 3 aliphatic heterocycles. The molecule has 1 unspecified atom stereocenters. The number of allylic oxidation sites excluding steroid dienone is 2. The number of benzene rings is 1. The number of nitrogens with zero attached hydrogens (tertiary/aromatic N) is 1. The van der Waals surface area contributed by atoms with Crippen LogP contribution in [0.3, 0.4) is 0 Å². The van der Waals surface area contributed by atoms with Gasteiger partial charge in [0.05, 0.1) is 5.54 Å². The van der Waals surface area contributed by atoms with Crippen LogP contribution >= 0.6 is 0 Å². The van der Waals surface area contributed by atoms with Gasteiger partial charge in [0.2, 0.25) is 0 Å². The molecule has 0 amide bonds. The molecule has 0 radical (unpaired) electrons. The van der Waals surface area contributed by atoms with Crippen LogP contribution in [0.15, 0.2) is 43.0 Å². The molecule has 1 N–H and O–H groups in total. The Labute approximate surface area is 127 Å². The van der Waals surface area contributed by atoms with Crippen molar-refractivity contribution in [3.63, 3.8) is 0 Å². The van der Waals surface area contributed by atoms with Crippen LogP contribution in [0.25, 0.3) is 0 Å². The average molecular weight is 280 g/mol. The number of anilines is 1. The van der Waals surface area contributed by atoms with Gasteiger partial charge in [-0.3, -0.25) is 0 Å². The summed E-state index contributed by atoms with van der Waals surface area (Å²) >= 11 is 0. The summed E-state index contributed by atoms with van der Waals surface area (Å²) < 4.78 is 0. The lowest BCUT2D eigenvalue weighted by molar-refractivity contribution is 0.320. The SMILES string of the molecule is C=C[C@]12CCNC[C@H]1c1cccc3c1N2CCC3/C=C/C. The monoisotopic (exact) mass is 280 g/mol. The van der Waals surface area contributed by atoms with Crippen molar-refractivity contribution in [2.45, 2.75) is 37.1 Å². The van der Waals surface area contributed by atoms with Gasteiger partial charge < -0.3 is 10.2 Å². The van der Waals surface area contributed by atoms with Gasteiger partial charge in [0.1, 0.15) is 0 Å². The third kappa shape index (κ3) is 1.63. The molecule has 3 aliphatic rings. The maximum Gasteiger partial charge on any atom is 0.0675 e. The van der Waals surface area contributed by atoms with Crippen molar-refractivity contribution < 1.29 is 0 Å². The highest BCUT2D eigenvalue weighted by Crippen LogP contribution is 2.55. The van der Waals surface area contributed by atoms with Crippen LogP contribution in [0.2, 0.25) is 0 Å². The van der Waals surface area contributed by atoms with Gasteiger partial charge in [0.25, 0.3) is 0 Å². The van der Waals surface area contributed by atoms with E-state index < -0.39 is 0 Å². The summed E-state index contributed by atoms with van der Waals surface area (Å²) in [6, 6.07) is 6.92. The van der Waals surface area contributed by atoms with E-state index >= 15 is 0 Å². The number of piperidine rings is 1. The molecule has 1 saturated heterocycles. The van der Waals surface area contributed by atoms with Gasteiger partial charge in [-0.15, -0.1) is 6.58 Å². The lowest BCUT2D eigenvalue weighted by atomic mass is 9.77. The second-order valence-electron chi connectivity index (χ2n) is 6.56. The Hall–Kier alpha value is -1.54. The quantitative estimate of drug-likeness (QED) is 0.833. The number of para-hydroxylation sites is 1. The molecule has 1 aromatic carbocycles. The molecule has 4 rings (SSSR count). The van der Waals surface area contributed by atoms with E-state index in [1.807, 2.05) is 0 Å². The molecule has 2 nitrogen and oxygen atoms in total. The Balaban J connectivity index is 1.91. The van der Waals surface area contributed by atoms with E-state index in [-0.39, 0.29) is 5.54 Å². The molecule has 21 heavy (non-hydrogen) atoms. The maximum atomic E-state index is 4.22. The molecule has 110 valence electrons. The Morgan fingerprint density at radius 1 is 1.38 bits per heavy atom. The predicted molar refractivity (Wildman–Crippen MR) is 89.1 cm³/mol. The summed E-state index contributed by atoms with van der Waals surface area (Å²) in [4.78, 5) is 2.68. The van der Waals surface area contributed by atoms with E-state index in [0.29, 0.717) is 11.8 Å². The molecule has 0 bridgehead atoms. The fourth-order valence-corrected chi connectivity index (χ4v) is 4.80. The lowest BCUT2D eigenvalue weighted by Crippen LogP contribution is -2.55. The Morgan fingerprint density at radius 2 is 2.24 bits per heavy atom. The van der Waals surface area contributed by atoms with E-state index in [0.717, 1.165) is 19.6 Å². The first-order valence-corrected chi connectivity index (χ1v) is 8.19. The van der Waals surface area contributed by atoms with Crippen LogP contribution < -0.4 is 10.2 Å². The number of hydrogen-bond donors (Lipinski definition) is 1. The minimum Gasteiger partial charge on any atom is -0.361 e. The van der Waals surface area contributed by atoms with Crippen LogP contribution in [-0.4, -0.2) is 25.2 Å². The second kappa shape index (κ2) is 4.74. The Bertz CT molecular complexity index is 604. The highest BCUT2D eigenvalue weighted by atomic mass is 15.3. The summed E-state index contributed by atoms with van der Waals surface area (Å²) in [5.41, 5.74) is 4.71. The van der Waals surface area contributed by atoms with Gasteiger partial charge in [-0.25, -0.2) is 0 Å². The summed E-state index contributed by atoms with van der Waals surface area (Å²) in [5, 5.41) is 3.59. The zero-order valence-corrected chi connectivity index (χ0v) is 12.8. The number of rotatable bonds is 2. The molecule has 1 aromatic rings. The number of hydrogen-bond acceptors (Lipinski definition) is 2. The number of fused-ring (bicyclic) bond motifs is 3. The van der Waals surface area contributed by atoms with Gasteiger partial charge >= 0.3 is 0 Å². The summed E-state index contributed by atoms with van der Waals surface area (Å²) in [5.74, 6) is 1.14. The minimum atomic E-state index is 0.143. The predicted octanol–water partition coefficient (Wildman–Crippen LogP) is 3.57. The van der Waals surface area contributed by atoms with Gasteiger partial charge in [0, 0.05) is 30.6 Å². The van der Waals surface area contributed by atoms with Crippen LogP contribution in [0.1, 0.15) is 42.7 Å². The largest absolute Gasteiger partial charge is 0.361 e. The fraction of sp³-hybridized carbons (Fsp3) is 0.474. The zero-order valence-electron chi connectivity index (χ0n) is 12.8. The molecule has 0 aromatic heterocycles. The van der Waals surface area contributed by atoms with Gasteiger partial charge in [0.15, 0.2) is 0 Å². The molecular weight excluding hydrogens is 256 g/mol. The molecular formula is C19H24N2. The van der Waals surface area contributed by atoms with Crippen molar-refractivity contribution in [3.05, 3.63) is 54.1 Å². The van der Waals surface area contributed by atoms with Crippen LogP contribution in [0.5, 0.6) is 0 Å². The molecule has 0 spiro atoms. The van der Waals surface area contributed by atoms with Crippen molar-refractivity contribution in [2.24, 2.45) is 0 Å². The highest BCUT2D eigenvalue weighted by Gasteiger charge is 2.52. The first-order valence-electron chi connectivity index (χ1n) is 8.19. The van der Waals surface area contributed by atoms with Crippen molar-refractivity contribution in [1.82, 2.24) is 5.32 Å². The zero-order chi connectivity index (χ0) is 14.4. The van der Waals surface area contributed by atoms with Crippen LogP contribution in [0, 0.1) is 0 Å². The first kappa shape index (κ1) is 13.1. The van der Waals surface area contributed by atoms with E-state index in [1.165, 1.54) is 29.7 Å². The van der Waals surface area contributed by atoms with Crippen molar-refractivity contribution in [1.29, 1.82) is 0 Å². The summed E-state index contributed by atoms with van der Waals surface area (Å²) in [6.45, 7) is 9.68. The molecule has 2 heteroatoms. The number of nitrogens with one attached hydrogen (secondary N) is 1. The van der Waals surface area contributed by atoms with Crippen LogP contribution in [-0.2, 0) is 0 Å². The Morgan fingerprint density at radius 3 is 3.05 bits per heavy atom. The van der Waals surface area contributed by atoms with Crippen molar-refractivity contribution in [3.8, 4) is 0 Å². The third-order valence-electron chi connectivity index (χ3n) is 5.74.